The number of aryl methyl sites for hydroxylation is 3. The molecule has 0 aliphatic carbocycles. The summed E-state index contributed by atoms with van der Waals surface area (Å²) >= 11 is 0. The number of anilines is 2. The van der Waals surface area contributed by atoms with E-state index in [1.165, 1.54) is 6.33 Å². The van der Waals surface area contributed by atoms with Gasteiger partial charge < -0.3 is 15.4 Å². The predicted octanol–water partition coefficient (Wildman–Crippen LogP) is 5.80. The molecule has 2 heterocycles. The molecule has 2 amide bonds. The third-order valence-corrected chi connectivity index (χ3v) is 5.18. The molecular formula is C26H26N6O2. The molecule has 2 aromatic heterocycles. The number of pyridine rings is 1. The Morgan fingerprint density at radius 2 is 1.74 bits per heavy atom. The lowest BCUT2D eigenvalue weighted by molar-refractivity contribution is 0.262. The number of aromatic nitrogens is 4. The lowest BCUT2D eigenvalue weighted by atomic mass is 10.1. The summed E-state index contributed by atoms with van der Waals surface area (Å²) in [6.07, 6.45) is 4.76. The molecular weight excluding hydrogens is 428 g/mol. The van der Waals surface area contributed by atoms with Crippen LogP contribution < -0.4 is 15.4 Å². The molecule has 0 bridgehead atoms. The average molecular weight is 455 g/mol. The number of urea groups is 1. The first-order valence-electron chi connectivity index (χ1n) is 11.1. The molecule has 0 fully saturated rings. The Balaban J connectivity index is 1.48. The van der Waals surface area contributed by atoms with Gasteiger partial charge in [-0.3, -0.25) is 0 Å². The second kappa shape index (κ2) is 10.5. The zero-order chi connectivity index (χ0) is 23.9. The van der Waals surface area contributed by atoms with Crippen LogP contribution in [0.4, 0.5) is 16.2 Å². The van der Waals surface area contributed by atoms with Crippen LogP contribution in [0.25, 0.3) is 11.4 Å². The van der Waals surface area contributed by atoms with E-state index in [-0.39, 0.29) is 6.03 Å². The quantitative estimate of drug-likeness (QED) is 0.366. The summed E-state index contributed by atoms with van der Waals surface area (Å²) in [4.78, 5) is 29.7. The van der Waals surface area contributed by atoms with Crippen molar-refractivity contribution in [1.29, 1.82) is 0 Å². The molecule has 0 saturated heterocycles. The molecule has 172 valence electrons. The van der Waals surface area contributed by atoms with Crippen molar-refractivity contribution < 1.29 is 9.53 Å². The first kappa shape index (κ1) is 22.8. The maximum atomic E-state index is 12.4. The minimum atomic E-state index is -0.310. The van der Waals surface area contributed by atoms with Crippen LogP contribution in [0.3, 0.4) is 0 Å². The molecule has 0 atom stereocenters. The highest BCUT2D eigenvalue weighted by Gasteiger charge is 2.14. The number of amides is 2. The fourth-order valence-electron chi connectivity index (χ4n) is 3.38. The van der Waals surface area contributed by atoms with Gasteiger partial charge in [-0.15, -0.1) is 0 Å². The number of hydrogen-bond acceptors (Lipinski definition) is 6. The predicted molar refractivity (Wildman–Crippen MR) is 132 cm³/mol. The summed E-state index contributed by atoms with van der Waals surface area (Å²) in [6, 6.07) is 16.6. The van der Waals surface area contributed by atoms with E-state index in [1.807, 2.05) is 56.3 Å². The number of nitrogens with zero attached hydrogens (tertiary/aromatic N) is 4. The maximum Gasteiger partial charge on any atom is 0.323 e. The van der Waals surface area contributed by atoms with Crippen LogP contribution in [-0.2, 0) is 12.8 Å². The van der Waals surface area contributed by atoms with Gasteiger partial charge in [0.2, 0.25) is 5.88 Å². The van der Waals surface area contributed by atoms with Gasteiger partial charge in [0.25, 0.3) is 0 Å². The van der Waals surface area contributed by atoms with Crippen LogP contribution in [-0.4, -0.2) is 26.0 Å². The normalized spacial score (nSPS) is 10.6. The SMILES string of the molecule is CCc1cccc(NC(=O)Nc2ccc(Oc3ncccc3-c3ncnc(CC)n3)c(C)c2)c1. The van der Waals surface area contributed by atoms with E-state index >= 15 is 0 Å². The number of carbonyl (C=O) groups is 1. The van der Waals surface area contributed by atoms with Crippen molar-refractivity contribution in [3.8, 4) is 23.0 Å². The standard InChI is InChI=1S/C26H26N6O2/c1-4-18-8-6-9-19(15-18)30-26(33)31-20-11-12-22(17(3)14-20)34-25-21(10-7-13-27-25)24-29-16-28-23(5-2)32-24/h6-16H,4-5H2,1-3H3,(H2,30,31,33). The van der Waals surface area contributed by atoms with E-state index in [2.05, 4.69) is 37.5 Å². The summed E-state index contributed by atoms with van der Waals surface area (Å²) in [5.41, 5.74) is 4.08. The number of nitrogens with one attached hydrogen (secondary N) is 2. The van der Waals surface area contributed by atoms with Crippen molar-refractivity contribution in [3.63, 3.8) is 0 Å². The van der Waals surface area contributed by atoms with E-state index in [1.54, 1.807) is 18.3 Å². The second-order valence-electron chi connectivity index (χ2n) is 7.65. The molecule has 8 nitrogen and oxygen atoms in total. The summed E-state index contributed by atoms with van der Waals surface area (Å²) in [7, 11) is 0. The van der Waals surface area contributed by atoms with Crippen molar-refractivity contribution in [1.82, 2.24) is 19.9 Å². The van der Waals surface area contributed by atoms with Gasteiger partial charge in [-0.25, -0.2) is 24.7 Å². The van der Waals surface area contributed by atoms with Crippen molar-refractivity contribution in [2.75, 3.05) is 10.6 Å². The monoisotopic (exact) mass is 454 g/mol. The van der Waals surface area contributed by atoms with Crippen LogP contribution in [0.15, 0.2) is 67.1 Å². The van der Waals surface area contributed by atoms with Crippen molar-refractivity contribution in [2.45, 2.75) is 33.6 Å². The molecule has 4 rings (SSSR count). The molecule has 0 aliphatic rings. The minimum Gasteiger partial charge on any atom is -0.438 e. The third kappa shape index (κ3) is 5.53. The molecule has 0 radical (unpaired) electrons. The lowest BCUT2D eigenvalue weighted by Crippen LogP contribution is -2.19. The van der Waals surface area contributed by atoms with Crippen LogP contribution in [0.1, 0.15) is 30.8 Å². The largest absolute Gasteiger partial charge is 0.438 e. The van der Waals surface area contributed by atoms with Crippen LogP contribution >= 0.6 is 0 Å². The number of rotatable bonds is 7. The fraction of sp³-hybridized carbons (Fsp3) is 0.192. The van der Waals surface area contributed by atoms with E-state index in [4.69, 9.17) is 4.74 Å². The number of benzene rings is 2. The van der Waals surface area contributed by atoms with Gasteiger partial charge in [0, 0.05) is 24.0 Å². The molecule has 0 spiro atoms. The first-order chi connectivity index (χ1) is 16.6. The summed E-state index contributed by atoms with van der Waals surface area (Å²) in [5, 5.41) is 5.73. The zero-order valence-corrected chi connectivity index (χ0v) is 19.4. The summed E-state index contributed by atoms with van der Waals surface area (Å²) < 4.78 is 6.11. The van der Waals surface area contributed by atoms with Gasteiger partial charge in [0.05, 0.1) is 5.56 Å². The molecule has 4 aromatic rings. The van der Waals surface area contributed by atoms with E-state index in [0.717, 1.165) is 23.2 Å². The Morgan fingerprint density at radius 3 is 2.50 bits per heavy atom. The second-order valence-corrected chi connectivity index (χ2v) is 7.65. The number of ether oxygens (including phenoxy) is 1. The molecule has 0 unspecified atom stereocenters. The Labute approximate surface area is 198 Å². The van der Waals surface area contributed by atoms with Crippen molar-refractivity contribution in [2.24, 2.45) is 0 Å². The highest BCUT2D eigenvalue weighted by molar-refractivity contribution is 5.99. The van der Waals surface area contributed by atoms with Crippen LogP contribution in [0.5, 0.6) is 11.6 Å². The Bertz CT molecular complexity index is 1310. The molecule has 34 heavy (non-hydrogen) atoms. The zero-order valence-electron chi connectivity index (χ0n) is 19.4. The lowest BCUT2D eigenvalue weighted by Gasteiger charge is -2.13. The Morgan fingerprint density at radius 1 is 0.912 bits per heavy atom. The van der Waals surface area contributed by atoms with Gasteiger partial charge in [-0.2, -0.15) is 0 Å². The van der Waals surface area contributed by atoms with Gasteiger partial charge in [0.15, 0.2) is 5.82 Å². The molecule has 0 aliphatic heterocycles. The van der Waals surface area contributed by atoms with Gasteiger partial charge in [-0.1, -0.05) is 26.0 Å². The molecule has 2 N–H and O–H groups in total. The number of hydrogen-bond donors (Lipinski definition) is 2. The van der Waals surface area contributed by atoms with E-state index < -0.39 is 0 Å². The average Bonchev–Trinajstić information content (AvgIpc) is 2.86. The van der Waals surface area contributed by atoms with E-state index in [9.17, 15) is 4.79 Å². The Kier molecular flexibility index (Phi) is 7.07. The third-order valence-electron chi connectivity index (χ3n) is 5.18. The highest BCUT2D eigenvalue weighted by Crippen LogP contribution is 2.32. The van der Waals surface area contributed by atoms with Crippen LogP contribution in [0, 0.1) is 6.92 Å². The fourth-order valence-corrected chi connectivity index (χ4v) is 3.38. The summed E-state index contributed by atoms with van der Waals surface area (Å²) in [5.74, 6) is 2.22. The van der Waals surface area contributed by atoms with E-state index in [0.29, 0.717) is 40.9 Å². The molecule has 0 saturated carbocycles. The smallest absolute Gasteiger partial charge is 0.323 e. The first-order valence-corrected chi connectivity index (χ1v) is 11.1. The topological polar surface area (TPSA) is 102 Å². The van der Waals surface area contributed by atoms with Crippen molar-refractivity contribution in [3.05, 3.63) is 84.1 Å². The van der Waals surface area contributed by atoms with Gasteiger partial charge >= 0.3 is 6.03 Å². The van der Waals surface area contributed by atoms with Crippen LogP contribution in [0.2, 0.25) is 0 Å². The summed E-state index contributed by atoms with van der Waals surface area (Å²) in [6.45, 7) is 5.97. The van der Waals surface area contributed by atoms with Crippen molar-refractivity contribution >= 4 is 17.4 Å². The molecule has 2 aromatic carbocycles. The minimum absolute atomic E-state index is 0.310. The highest BCUT2D eigenvalue weighted by atomic mass is 16.5. The maximum absolute atomic E-state index is 12.4. The van der Waals surface area contributed by atoms with Gasteiger partial charge in [-0.05, 0) is 66.9 Å². The number of carbonyl (C=O) groups excluding carboxylic acids is 1. The van der Waals surface area contributed by atoms with Gasteiger partial charge in [0.1, 0.15) is 17.9 Å². The molecule has 8 heteroatoms. The Hall–Kier alpha value is -4.33.